The van der Waals surface area contributed by atoms with Crippen LogP contribution in [-0.4, -0.2) is 19.0 Å². The predicted molar refractivity (Wildman–Crippen MR) is 108 cm³/mol. The van der Waals surface area contributed by atoms with Crippen LogP contribution in [0.4, 0.5) is 0 Å². The zero-order valence-electron chi connectivity index (χ0n) is 16.1. The first-order valence-electron chi connectivity index (χ1n) is 9.05. The summed E-state index contributed by atoms with van der Waals surface area (Å²) in [6.07, 6.45) is 0. The van der Waals surface area contributed by atoms with Gasteiger partial charge in [0.15, 0.2) is 0 Å². The lowest BCUT2D eigenvalue weighted by molar-refractivity contribution is 0.0600. The van der Waals surface area contributed by atoms with Crippen molar-refractivity contribution in [2.24, 2.45) is 0 Å². The molecule has 0 saturated heterocycles. The van der Waals surface area contributed by atoms with Crippen molar-refractivity contribution in [1.29, 1.82) is 0 Å². The molecule has 28 heavy (non-hydrogen) atoms. The Hall–Kier alpha value is -3.40. The number of rotatable bonds is 5. The predicted octanol–water partition coefficient (Wildman–Crippen LogP) is 5.15. The summed E-state index contributed by atoms with van der Waals surface area (Å²) >= 11 is 0. The van der Waals surface area contributed by atoms with Crippen molar-refractivity contribution in [3.8, 4) is 5.75 Å². The van der Waals surface area contributed by atoms with E-state index in [9.17, 15) is 9.59 Å². The summed E-state index contributed by atoms with van der Waals surface area (Å²) in [5.74, 6) is -0.329. The van der Waals surface area contributed by atoms with Crippen LogP contribution in [0.15, 0.2) is 72.8 Å². The van der Waals surface area contributed by atoms with E-state index in [1.807, 2.05) is 12.1 Å². The van der Waals surface area contributed by atoms with Gasteiger partial charge in [-0.15, -0.1) is 0 Å². The molecule has 3 aromatic rings. The van der Waals surface area contributed by atoms with E-state index in [4.69, 9.17) is 4.74 Å². The number of ether oxygens (including phenoxy) is 2. The van der Waals surface area contributed by atoms with Gasteiger partial charge in [0, 0.05) is 5.92 Å². The van der Waals surface area contributed by atoms with Crippen molar-refractivity contribution < 1.29 is 19.1 Å². The second-order valence-electron chi connectivity index (χ2n) is 6.66. The third-order valence-corrected chi connectivity index (χ3v) is 4.69. The van der Waals surface area contributed by atoms with Crippen LogP contribution >= 0.6 is 0 Å². The van der Waals surface area contributed by atoms with Gasteiger partial charge in [0.2, 0.25) is 0 Å². The average molecular weight is 374 g/mol. The van der Waals surface area contributed by atoms with E-state index in [0.717, 1.165) is 5.56 Å². The Balaban J connectivity index is 1.71. The van der Waals surface area contributed by atoms with Crippen LogP contribution in [0.1, 0.15) is 50.2 Å². The lowest BCUT2D eigenvalue weighted by Crippen LogP contribution is -2.10. The van der Waals surface area contributed by atoms with Crippen molar-refractivity contribution >= 4 is 11.9 Å². The highest BCUT2D eigenvalue weighted by Crippen LogP contribution is 2.26. The number of carbonyl (C=O) groups excluding carboxylic acids is 2. The lowest BCUT2D eigenvalue weighted by atomic mass is 9.93. The fourth-order valence-electron chi connectivity index (χ4n) is 2.93. The molecule has 0 spiro atoms. The first-order chi connectivity index (χ1) is 13.5. The summed E-state index contributed by atoms with van der Waals surface area (Å²) in [6.45, 7) is 4.21. The van der Waals surface area contributed by atoms with Gasteiger partial charge in [0.05, 0.1) is 18.2 Å². The van der Waals surface area contributed by atoms with Crippen LogP contribution in [-0.2, 0) is 4.74 Å². The van der Waals surface area contributed by atoms with Gasteiger partial charge >= 0.3 is 11.9 Å². The zero-order valence-corrected chi connectivity index (χ0v) is 16.1. The Morgan fingerprint density at radius 3 is 1.89 bits per heavy atom. The van der Waals surface area contributed by atoms with E-state index in [2.05, 4.69) is 42.8 Å². The molecule has 142 valence electrons. The van der Waals surface area contributed by atoms with Gasteiger partial charge in [0.1, 0.15) is 5.75 Å². The highest BCUT2D eigenvalue weighted by atomic mass is 16.5. The van der Waals surface area contributed by atoms with Crippen LogP contribution in [0.3, 0.4) is 0 Å². The largest absolute Gasteiger partial charge is 0.465 e. The quantitative estimate of drug-likeness (QED) is 0.458. The number of benzene rings is 3. The van der Waals surface area contributed by atoms with Gasteiger partial charge in [-0.1, -0.05) is 55.0 Å². The Labute approximate surface area is 164 Å². The maximum Gasteiger partial charge on any atom is 0.343 e. The molecule has 1 unspecified atom stereocenters. The van der Waals surface area contributed by atoms with Crippen molar-refractivity contribution in [3.05, 3.63) is 101 Å². The first-order valence-corrected chi connectivity index (χ1v) is 9.05. The van der Waals surface area contributed by atoms with Crippen molar-refractivity contribution in [2.75, 3.05) is 7.11 Å². The van der Waals surface area contributed by atoms with E-state index in [1.165, 1.54) is 24.3 Å². The van der Waals surface area contributed by atoms with Gasteiger partial charge in [-0.25, -0.2) is 9.59 Å². The molecule has 0 bridgehead atoms. The smallest absolute Gasteiger partial charge is 0.343 e. The SMILES string of the molecule is COC(=O)c1cccc(C(=O)Oc2ccc(C(C)c3ccc(C)cc3)cc2)c1. The highest BCUT2D eigenvalue weighted by molar-refractivity contribution is 5.96. The molecule has 0 heterocycles. The molecule has 0 aromatic heterocycles. The Morgan fingerprint density at radius 1 is 0.786 bits per heavy atom. The average Bonchev–Trinajstić information content (AvgIpc) is 2.74. The number of esters is 2. The molecule has 4 nitrogen and oxygen atoms in total. The monoisotopic (exact) mass is 374 g/mol. The minimum absolute atomic E-state index is 0.238. The van der Waals surface area contributed by atoms with Crippen LogP contribution in [0.5, 0.6) is 5.75 Å². The number of carbonyl (C=O) groups is 2. The third kappa shape index (κ3) is 4.46. The normalized spacial score (nSPS) is 11.5. The Morgan fingerprint density at radius 2 is 1.32 bits per heavy atom. The molecular formula is C24H22O4. The molecule has 3 rings (SSSR count). The molecule has 0 radical (unpaired) electrons. The fraction of sp³-hybridized carbons (Fsp3) is 0.167. The van der Waals surface area contributed by atoms with Gasteiger partial charge in [-0.3, -0.25) is 0 Å². The molecule has 0 fully saturated rings. The fourth-order valence-corrected chi connectivity index (χ4v) is 2.93. The second-order valence-corrected chi connectivity index (χ2v) is 6.66. The Kier molecular flexibility index (Phi) is 5.90. The molecule has 0 aliphatic carbocycles. The molecular weight excluding hydrogens is 352 g/mol. The number of aryl methyl sites for hydroxylation is 1. The van der Waals surface area contributed by atoms with Gasteiger partial charge in [-0.2, -0.15) is 0 Å². The number of methoxy groups -OCH3 is 1. The first kappa shape index (κ1) is 19.4. The standard InChI is InChI=1S/C24H22O4/c1-16-7-9-18(10-8-16)17(2)19-11-13-22(14-12-19)28-24(26)21-6-4-5-20(15-21)23(25)27-3/h4-15,17H,1-3H3. The maximum atomic E-state index is 12.4. The van der Waals surface area contributed by atoms with Crippen molar-refractivity contribution in [2.45, 2.75) is 19.8 Å². The molecule has 0 amide bonds. The molecule has 3 aromatic carbocycles. The Bertz CT molecular complexity index is 972. The second kappa shape index (κ2) is 8.53. The third-order valence-electron chi connectivity index (χ3n) is 4.69. The molecule has 4 heteroatoms. The van der Waals surface area contributed by atoms with E-state index >= 15 is 0 Å². The van der Waals surface area contributed by atoms with Crippen molar-refractivity contribution in [3.63, 3.8) is 0 Å². The topological polar surface area (TPSA) is 52.6 Å². The van der Waals surface area contributed by atoms with Crippen LogP contribution in [0.25, 0.3) is 0 Å². The van der Waals surface area contributed by atoms with Gasteiger partial charge < -0.3 is 9.47 Å². The maximum absolute atomic E-state index is 12.4. The number of hydrogen-bond acceptors (Lipinski definition) is 4. The van der Waals surface area contributed by atoms with Crippen LogP contribution in [0.2, 0.25) is 0 Å². The lowest BCUT2D eigenvalue weighted by Gasteiger charge is -2.13. The van der Waals surface area contributed by atoms with Crippen LogP contribution < -0.4 is 4.74 Å². The highest BCUT2D eigenvalue weighted by Gasteiger charge is 2.13. The van der Waals surface area contributed by atoms with Crippen molar-refractivity contribution in [1.82, 2.24) is 0 Å². The van der Waals surface area contributed by atoms with E-state index in [0.29, 0.717) is 16.9 Å². The van der Waals surface area contributed by atoms with Gasteiger partial charge in [-0.05, 0) is 48.4 Å². The van der Waals surface area contributed by atoms with E-state index < -0.39 is 11.9 Å². The minimum Gasteiger partial charge on any atom is -0.465 e. The molecule has 0 saturated carbocycles. The summed E-state index contributed by atoms with van der Waals surface area (Å²) in [5.41, 5.74) is 4.19. The summed E-state index contributed by atoms with van der Waals surface area (Å²) in [5, 5.41) is 0. The minimum atomic E-state index is -0.523. The molecule has 0 aliphatic heterocycles. The summed E-state index contributed by atoms with van der Waals surface area (Å²) in [7, 11) is 1.30. The molecule has 0 N–H and O–H groups in total. The van der Waals surface area contributed by atoms with E-state index in [1.54, 1.807) is 30.3 Å². The summed E-state index contributed by atoms with van der Waals surface area (Å²) in [4.78, 5) is 24.0. The van der Waals surface area contributed by atoms with Gasteiger partial charge in [0.25, 0.3) is 0 Å². The van der Waals surface area contributed by atoms with Crippen LogP contribution in [0, 0.1) is 6.92 Å². The molecule has 1 atom stereocenters. The summed E-state index contributed by atoms with van der Waals surface area (Å²) in [6, 6.07) is 22.2. The van der Waals surface area contributed by atoms with E-state index in [-0.39, 0.29) is 5.92 Å². The number of hydrogen-bond donors (Lipinski definition) is 0. The summed E-state index contributed by atoms with van der Waals surface area (Å²) < 4.78 is 10.1. The molecule has 0 aliphatic rings. The zero-order chi connectivity index (χ0) is 20.1.